The molecule has 1 aliphatic heterocycles. The van der Waals surface area contributed by atoms with Gasteiger partial charge < -0.3 is 10.2 Å². The van der Waals surface area contributed by atoms with E-state index in [0.717, 1.165) is 5.56 Å². The first-order valence-electron chi connectivity index (χ1n) is 7.14. The Labute approximate surface area is 140 Å². The molecule has 1 aromatic carbocycles. The smallest absolute Gasteiger partial charge is 0.234 e. The Hall–Kier alpha value is -1.30. The van der Waals surface area contributed by atoms with Crippen LogP contribution in [0.3, 0.4) is 0 Å². The number of piperazine rings is 1. The van der Waals surface area contributed by atoms with Gasteiger partial charge in [-0.2, -0.15) is 0 Å². The van der Waals surface area contributed by atoms with E-state index in [9.17, 15) is 9.59 Å². The summed E-state index contributed by atoms with van der Waals surface area (Å²) >= 11 is 11.9. The molecule has 1 heterocycles. The topological polar surface area (TPSA) is 52.7 Å². The zero-order chi connectivity index (χ0) is 16.1. The Balaban J connectivity index is 1.75. The fraction of sp³-hybridized carbons (Fsp3) is 0.467. The highest BCUT2D eigenvalue weighted by Gasteiger charge is 2.20. The monoisotopic (exact) mass is 343 g/mol. The number of benzene rings is 1. The van der Waals surface area contributed by atoms with Crippen molar-refractivity contribution in [2.24, 2.45) is 0 Å². The molecule has 22 heavy (non-hydrogen) atoms. The minimum absolute atomic E-state index is 0.0534. The van der Waals surface area contributed by atoms with Gasteiger partial charge in [-0.25, -0.2) is 0 Å². The molecule has 0 radical (unpaired) electrons. The van der Waals surface area contributed by atoms with E-state index >= 15 is 0 Å². The quantitative estimate of drug-likeness (QED) is 0.906. The van der Waals surface area contributed by atoms with Crippen LogP contribution in [-0.2, 0) is 16.1 Å². The second-order valence-electron chi connectivity index (χ2n) is 5.29. The standard InChI is InChI=1S/C15H19Cl2N3O2/c1-11(21)20-6-4-19(5-7-20)10-15(22)18-9-12-2-3-13(16)8-14(12)17/h2-3,8H,4-7,9-10H2,1H3,(H,18,22). The maximum Gasteiger partial charge on any atom is 0.234 e. The zero-order valence-electron chi connectivity index (χ0n) is 12.4. The Morgan fingerprint density at radius 1 is 1.18 bits per heavy atom. The summed E-state index contributed by atoms with van der Waals surface area (Å²) in [6.45, 7) is 5.05. The van der Waals surface area contributed by atoms with Crippen molar-refractivity contribution in [3.8, 4) is 0 Å². The number of hydrogen-bond acceptors (Lipinski definition) is 3. The molecule has 0 bridgehead atoms. The van der Waals surface area contributed by atoms with Gasteiger partial charge >= 0.3 is 0 Å². The van der Waals surface area contributed by atoms with E-state index < -0.39 is 0 Å². The van der Waals surface area contributed by atoms with Crippen LogP contribution in [0.25, 0.3) is 0 Å². The number of nitrogens with zero attached hydrogens (tertiary/aromatic N) is 2. The normalized spacial score (nSPS) is 15.7. The molecule has 1 saturated heterocycles. The Morgan fingerprint density at radius 2 is 1.86 bits per heavy atom. The first-order chi connectivity index (χ1) is 10.5. The van der Waals surface area contributed by atoms with Gasteiger partial charge in [0.25, 0.3) is 0 Å². The SMILES string of the molecule is CC(=O)N1CCN(CC(=O)NCc2ccc(Cl)cc2Cl)CC1. The zero-order valence-corrected chi connectivity index (χ0v) is 14.0. The lowest BCUT2D eigenvalue weighted by atomic mass is 10.2. The molecule has 0 spiro atoms. The van der Waals surface area contributed by atoms with Crippen molar-refractivity contribution in [3.05, 3.63) is 33.8 Å². The maximum atomic E-state index is 12.0. The fourth-order valence-corrected chi connectivity index (χ4v) is 2.81. The molecule has 0 atom stereocenters. The van der Waals surface area contributed by atoms with E-state index in [-0.39, 0.29) is 11.8 Å². The predicted molar refractivity (Wildman–Crippen MR) is 87.0 cm³/mol. The van der Waals surface area contributed by atoms with Gasteiger partial charge in [-0.1, -0.05) is 29.3 Å². The van der Waals surface area contributed by atoms with Gasteiger partial charge in [-0.05, 0) is 17.7 Å². The summed E-state index contributed by atoms with van der Waals surface area (Å²) in [4.78, 5) is 27.1. The second kappa shape index (κ2) is 7.81. The maximum absolute atomic E-state index is 12.0. The van der Waals surface area contributed by atoms with Crippen molar-refractivity contribution in [1.29, 1.82) is 0 Å². The van der Waals surface area contributed by atoms with Crippen molar-refractivity contribution >= 4 is 35.0 Å². The van der Waals surface area contributed by atoms with Crippen molar-refractivity contribution in [3.63, 3.8) is 0 Å². The molecule has 2 amide bonds. The number of rotatable bonds is 4. The van der Waals surface area contributed by atoms with Gasteiger partial charge in [0.15, 0.2) is 0 Å². The lowest BCUT2D eigenvalue weighted by Gasteiger charge is -2.33. The molecule has 0 saturated carbocycles. The molecule has 1 aromatic rings. The summed E-state index contributed by atoms with van der Waals surface area (Å²) in [6, 6.07) is 5.21. The largest absolute Gasteiger partial charge is 0.351 e. The van der Waals surface area contributed by atoms with E-state index in [4.69, 9.17) is 23.2 Å². The van der Waals surface area contributed by atoms with Gasteiger partial charge in [-0.3, -0.25) is 14.5 Å². The number of halogens is 2. The number of carbonyl (C=O) groups is 2. The summed E-state index contributed by atoms with van der Waals surface area (Å²) in [6.07, 6.45) is 0. The average Bonchev–Trinajstić information content (AvgIpc) is 2.47. The van der Waals surface area contributed by atoms with E-state index in [0.29, 0.717) is 49.3 Å². The van der Waals surface area contributed by atoms with Crippen LogP contribution in [0, 0.1) is 0 Å². The molecule has 7 heteroatoms. The molecule has 1 aliphatic rings. The van der Waals surface area contributed by atoms with Crippen LogP contribution < -0.4 is 5.32 Å². The highest BCUT2D eigenvalue weighted by molar-refractivity contribution is 6.35. The third-order valence-corrected chi connectivity index (χ3v) is 4.26. The van der Waals surface area contributed by atoms with Crippen LogP contribution in [0.4, 0.5) is 0 Å². The Kier molecular flexibility index (Phi) is 6.06. The van der Waals surface area contributed by atoms with Gasteiger partial charge in [0.1, 0.15) is 0 Å². The first kappa shape index (κ1) is 17.1. The summed E-state index contributed by atoms with van der Waals surface area (Å²) in [5.41, 5.74) is 0.834. The summed E-state index contributed by atoms with van der Waals surface area (Å²) in [7, 11) is 0. The molecule has 0 aromatic heterocycles. The van der Waals surface area contributed by atoms with Gasteiger partial charge in [-0.15, -0.1) is 0 Å². The summed E-state index contributed by atoms with van der Waals surface area (Å²) < 4.78 is 0. The third kappa shape index (κ3) is 4.87. The lowest BCUT2D eigenvalue weighted by Crippen LogP contribution is -2.50. The van der Waals surface area contributed by atoms with Gasteiger partial charge in [0.05, 0.1) is 6.54 Å². The highest BCUT2D eigenvalue weighted by atomic mass is 35.5. The first-order valence-corrected chi connectivity index (χ1v) is 7.90. The van der Waals surface area contributed by atoms with Gasteiger partial charge in [0, 0.05) is 49.7 Å². The minimum atomic E-state index is -0.0534. The average molecular weight is 344 g/mol. The predicted octanol–water partition coefficient (Wildman–Crippen LogP) is 1.77. The number of carbonyl (C=O) groups excluding carboxylic acids is 2. The van der Waals surface area contributed by atoms with Crippen molar-refractivity contribution in [1.82, 2.24) is 15.1 Å². The lowest BCUT2D eigenvalue weighted by molar-refractivity contribution is -0.131. The minimum Gasteiger partial charge on any atom is -0.351 e. The van der Waals surface area contributed by atoms with Crippen molar-refractivity contribution in [2.75, 3.05) is 32.7 Å². The van der Waals surface area contributed by atoms with E-state index in [2.05, 4.69) is 5.32 Å². The molecule has 0 unspecified atom stereocenters. The second-order valence-corrected chi connectivity index (χ2v) is 6.14. The Bertz CT molecular complexity index is 558. The van der Waals surface area contributed by atoms with Crippen molar-refractivity contribution < 1.29 is 9.59 Å². The van der Waals surface area contributed by atoms with Crippen LogP contribution in [0.5, 0.6) is 0 Å². The number of nitrogens with one attached hydrogen (secondary N) is 1. The van der Waals surface area contributed by atoms with Crippen LogP contribution in [0.2, 0.25) is 10.0 Å². The van der Waals surface area contributed by atoms with Crippen LogP contribution in [-0.4, -0.2) is 54.3 Å². The molecular weight excluding hydrogens is 325 g/mol. The van der Waals surface area contributed by atoms with E-state index in [1.54, 1.807) is 30.0 Å². The number of amides is 2. The molecule has 1 fully saturated rings. The molecule has 2 rings (SSSR count). The van der Waals surface area contributed by atoms with Crippen LogP contribution in [0.1, 0.15) is 12.5 Å². The molecule has 120 valence electrons. The molecule has 0 aliphatic carbocycles. The van der Waals surface area contributed by atoms with Gasteiger partial charge in [0.2, 0.25) is 11.8 Å². The third-order valence-electron chi connectivity index (χ3n) is 3.68. The number of hydrogen-bond donors (Lipinski definition) is 1. The Morgan fingerprint density at radius 3 is 2.45 bits per heavy atom. The molecular formula is C15H19Cl2N3O2. The van der Waals surface area contributed by atoms with E-state index in [1.807, 2.05) is 4.90 Å². The fourth-order valence-electron chi connectivity index (χ4n) is 2.34. The van der Waals surface area contributed by atoms with E-state index in [1.165, 1.54) is 0 Å². The van der Waals surface area contributed by atoms with Crippen LogP contribution >= 0.6 is 23.2 Å². The summed E-state index contributed by atoms with van der Waals surface area (Å²) in [5, 5.41) is 3.97. The van der Waals surface area contributed by atoms with Crippen LogP contribution in [0.15, 0.2) is 18.2 Å². The molecule has 1 N–H and O–H groups in total. The van der Waals surface area contributed by atoms with Crippen molar-refractivity contribution in [2.45, 2.75) is 13.5 Å². The highest BCUT2D eigenvalue weighted by Crippen LogP contribution is 2.20. The summed E-state index contributed by atoms with van der Waals surface area (Å²) in [5.74, 6) is 0.0313. The molecule has 5 nitrogen and oxygen atoms in total.